The summed E-state index contributed by atoms with van der Waals surface area (Å²) in [6.07, 6.45) is 0. The lowest BCUT2D eigenvalue weighted by Crippen LogP contribution is -2.16. The van der Waals surface area contributed by atoms with Crippen LogP contribution in [0.15, 0.2) is 217 Å². The lowest BCUT2D eigenvalue weighted by atomic mass is 9.82. The molecule has 0 bridgehead atoms. The monoisotopic (exact) mass is 779 g/mol. The highest BCUT2D eigenvalue weighted by atomic mass is 16.3. The first kappa shape index (κ1) is 35.3. The molecule has 288 valence electrons. The van der Waals surface area contributed by atoms with E-state index in [1.807, 2.05) is 0 Å². The van der Waals surface area contributed by atoms with Crippen molar-refractivity contribution in [1.82, 2.24) is 0 Å². The normalized spacial score (nSPS) is 12.9. The first-order valence-corrected chi connectivity index (χ1v) is 21.2. The molecule has 0 spiro atoms. The van der Waals surface area contributed by atoms with Crippen LogP contribution in [0.1, 0.15) is 25.0 Å². The number of hydrogen-bond donors (Lipinski definition) is 0. The molecule has 61 heavy (non-hydrogen) atoms. The zero-order valence-electron chi connectivity index (χ0n) is 34.1. The van der Waals surface area contributed by atoms with Gasteiger partial charge < -0.3 is 9.32 Å². The Kier molecular flexibility index (Phi) is 7.92. The number of hydrogen-bond acceptors (Lipinski definition) is 2. The van der Waals surface area contributed by atoms with Crippen molar-refractivity contribution < 1.29 is 4.42 Å². The maximum absolute atomic E-state index is 7.34. The van der Waals surface area contributed by atoms with Gasteiger partial charge in [0.05, 0.1) is 11.1 Å². The van der Waals surface area contributed by atoms with Crippen LogP contribution in [0, 0.1) is 0 Å². The minimum Gasteiger partial charge on any atom is -0.455 e. The van der Waals surface area contributed by atoms with Crippen molar-refractivity contribution in [2.75, 3.05) is 4.90 Å². The summed E-state index contributed by atoms with van der Waals surface area (Å²) < 4.78 is 7.34. The largest absolute Gasteiger partial charge is 0.455 e. The Morgan fingerprint density at radius 2 is 0.836 bits per heavy atom. The van der Waals surface area contributed by atoms with Gasteiger partial charge in [-0.2, -0.15) is 0 Å². The molecule has 10 aromatic carbocycles. The van der Waals surface area contributed by atoms with Crippen molar-refractivity contribution in [3.8, 4) is 44.5 Å². The van der Waals surface area contributed by atoms with Crippen LogP contribution in [-0.4, -0.2) is 0 Å². The van der Waals surface area contributed by atoms with Crippen LogP contribution >= 0.6 is 0 Å². The third-order valence-electron chi connectivity index (χ3n) is 13.1. The Balaban J connectivity index is 1.16. The van der Waals surface area contributed by atoms with E-state index in [1.54, 1.807) is 0 Å². The molecule has 1 aromatic heterocycles. The van der Waals surface area contributed by atoms with E-state index < -0.39 is 0 Å². The highest BCUT2D eigenvalue weighted by Gasteiger charge is 2.36. The third kappa shape index (κ3) is 5.49. The van der Waals surface area contributed by atoms with Crippen molar-refractivity contribution in [3.63, 3.8) is 0 Å². The van der Waals surface area contributed by atoms with Gasteiger partial charge in [0.15, 0.2) is 0 Å². The summed E-state index contributed by atoms with van der Waals surface area (Å²) in [5.74, 6) is 0. The fourth-order valence-corrected chi connectivity index (χ4v) is 10.1. The molecular formula is C59H41NO. The van der Waals surface area contributed by atoms with Crippen molar-refractivity contribution in [3.05, 3.63) is 223 Å². The predicted octanol–water partition coefficient (Wildman–Crippen LogP) is 16.7. The smallest absolute Gasteiger partial charge is 0.145 e. The van der Waals surface area contributed by atoms with Gasteiger partial charge in [0.1, 0.15) is 11.2 Å². The Labute approximate surface area is 355 Å². The van der Waals surface area contributed by atoms with E-state index in [0.29, 0.717) is 0 Å². The fraction of sp³-hybridized carbons (Fsp3) is 0.0508. The van der Waals surface area contributed by atoms with Gasteiger partial charge in [-0.05, 0) is 103 Å². The summed E-state index contributed by atoms with van der Waals surface area (Å²) in [4.78, 5) is 2.46. The fourth-order valence-electron chi connectivity index (χ4n) is 10.1. The Hall–Kier alpha value is -7.68. The third-order valence-corrected chi connectivity index (χ3v) is 13.1. The molecule has 0 unspecified atom stereocenters. The van der Waals surface area contributed by atoms with Gasteiger partial charge in [0, 0.05) is 33.1 Å². The van der Waals surface area contributed by atoms with E-state index in [9.17, 15) is 0 Å². The van der Waals surface area contributed by atoms with E-state index in [-0.39, 0.29) is 5.41 Å². The molecule has 0 amide bonds. The molecule has 0 atom stereocenters. The summed E-state index contributed by atoms with van der Waals surface area (Å²) >= 11 is 0. The first-order valence-electron chi connectivity index (χ1n) is 21.2. The zero-order valence-corrected chi connectivity index (χ0v) is 34.1. The van der Waals surface area contributed by atoms with Gasteiger partial charge in [-0.25, -0.2) is 0 Å². The molecule has 0 aliphatic heterocycles. The van der Waals surface area contributed by atoms with Gasteiger partial charge in [0.25, 0.3) is 0 Å². The van der Waals surface area contributed by atoms with Crippen molar-refractivity contribution in [2.45, 2.75) is 19.3 Å². The van der Waals surface area contributed by atoms with Gasteiger partial charge in [0.2, 0.25) is 0 Å². The predicted molar refractivity (Wildman–Crippen MR) is 257 cm³/mol. The van der Waals surface area contributed by atoms with Crippen molar-refractivity contribution in [1.29, 1.82) is 0 Å². The van der Waals surface area contributed by atoms with Crippen LogP contribution < -0.4 is 4.90 Å². The highest BCUT2D eigenvalue weighted by molar-refractivity contribution is 6.33. The SMILES string of the molecule is CC1(C)c2ccccc2-c2ccc(N(c3ccc(-c4ccccc4)cc3)c3ccc(-c4ccc(-c5ccccc5)cc4)c4oc5c6ccccc6c6ccccc6c5c34)cc21. The zero-order chi connectivity index (χ0) is 40.7. The second-order valence-corrected chi connectivity index (χ2v) is 16.8. The molecule has 1 aliphatic carbocycles. The van der Waals surface area contributed by atoms with Gasteiger partial charge in [-0.1, -0.05) is 190 Å². The first-order chi connectivity index (χ1) is 30.0. The van der Waals surface area contributed by atoms with Gasteiger partial charge in [-0.3, -0.25) is 0 Å². The molecular weight excluding hydrogens is 739 g/mol. The van der Waals surface area contributed by atoms with E-state index in [1.165, 1.54) is 60.7 Å². The molecule has 1 aliphatic rings. The van der Waals surface area contributed by atoms with Gasteiger partial charge in [-0.15, -0.1) is 0 Å². The van der Waals surface area contributed by atoms with Crippen LogP contribution in [0.4, 0.5) is 17.1 Å². The number of benzene rings is 10. The minimum absolute atomic E-state index is 0.159. The van der Waals surface area contributed by atoms with Crippen molar-refractivity contribution in [2.24, 2.45) is 0 Å². The molecule has 0 saturated carbocycles. The number of fused-ring (bicyclic) bond motifs is 11. The molecule has 1 heterocycles. The molecule has 11 aromatic rings. The second-order valence-electron chi connectivity index (χ2n) is 16.8. The molecule has 0 N–H and O–H groups in total. The van der Waals surface area contributed by atoms with Crippen LogP contribution in [0.2, 0.25) is 0 Å². The van der Waals surface area contributed by atoms with Crippen LogP contribution in [-0.2, 0) is 5.41 Å². The number of nitrogens with zero attached hydrogens (tertiary/aromatic N) is 1. The highest BCUT2D eigenvalue weighted by Crippen LogP contribution is 2.53. The molecule has 2 nitrogen and oxygen atoms in total. The molecule has 0 saturated heterocycles. The summed E-state index contributed by atoms with van der Waals surface area (Å²) in [7, 11) is 0. The minimum atomic E-state index is -0.159. The van der Waals surface area contributed by atoms with Gasteiger partial charge >= 0.3 is 0 Å². The molecule has 0 radical (unpaired) electrons. The average molecular weight is 780 g/mol. The Morgan fingerprint density at radius 3 is 1.52 bits per heavy atom. The molecule has 0 fully saturated rings. The molecule has 12 rings (SSSR count). The molecule has 2 heteroatoms. The van der Waals surface area contributed by atoms with Crippen LogP contribution in [0.3, 0.4) is 0 Å². The lowest BCUT2D eigenvalue weighted by molar-refractivity contribution is 0.660. The Morgan fingerprint density at radius 1 is 0.344 bits per heavy atom. The summed E-state index contributed by atoms with van der Waals surface area (Å²) in [5.41, 5.74) is 17.1. The van der Waals surface area contributed by atoms with Crippen molar-refractivity contribution >= 4 is 60.5 Å². The maximum atomic E-state index is 7.34. The summed E-state index contributed by atoms with van der Waals surface area (Å²) in [5, 5.41) is 6.91. The van der Waals surface area contributed by atoms with Crippen LogP contribution in [0.5, 0.6) is 0 Å². The Bertz CT molecular complexity index is 3470. The number of rotatable bonds is 6. The standard InChI is InChI=1S/C59H41NO/c1-59(2)52-24-14-13-21-48(52)49-34-33-44(37-53(49)59)60(43-31-29-41(30-32-43)39-17-7-4-8-18-39)54-36-35-45(42-27-25-40(26-28-42)38-15-5-3-6-16-38)57-56(54)55-50-22-11-9-19-46(50)47-20-10-12-23-51(47)58(55)61-57/h3-37H,1-2H3. The quantitative estimate of drug-likeness (QED) is 0.156. The average Bonchev–Trinajstić information content (AvgIpc) is 3.84. The van der Waals surface area contributed by atoms with Crippen LogP contribution in [0.25, 0.3) is 88.0 Å². The maximum Gasteiger partial charge on any atom is 0.145 e. The van der Waals surface area contributed by atoms with E-state index in [0.717, 1.165) is 55.5 Å². The second kappa shape index (κ2) is 13.7. The number of furan rings is 1. The van der Waals surface area contributed by atoms with E-state index in [4.69, 9.17) is 4.42 Å². The topological polar surface area (TPSA) is 16.4 Å². The van der Waals surface area contributed by atoms with E-state index in [2.05, 4.69) is 231 Å². The summed E-state index contributed by atoms with van der Waals surface area (Å²) in [6.45, 7) is 4.72. The summed E-state index contributed by atoms with van der Waals surface area (Å²) in [6, 6.07) is 77.2. The lowest BCUT2D eigenvalue weighted by Gasteiger charge is -2.29. The number of anilines is 3. The van der Waals surface area contributed by atoms with E-state index >= 15 is 0 Å².